The van der Waals surface area contributed by atoms with Crippen molar-refractivity contribution < 1.29 is 62.2 Å². The Bertz CT molecular complexity index is 2970. The lowest BCUT2D eigenvalue weighted by Gasteiger charge is -2.22. The molecule has 424 valence electrons. The Hall–Kier alpha value is -6.89. The molecule has 6 rings (SSSR count). The minimum absolute atomic E-state index is 0.0129. The number of phosphoric acid groups is 1. The summed E-state index contributed by atoms with van der Waals surface area (Å²) in [6.07, 6.45) is -3.09. The number of aromatic nitrogens is 2. The molecule has 1 aliphatic heterocycles. The van der Waals surface area contributed by atoms with E-state index in [9.17, 15) is 38.8 Å². The van der Waals surface area contributed by atoms with Crippen LogP contribution in [0.2, 0.25) is 0 Å². The number of carbonyl (C=O) groups is 3. The van der Waals surface area contributed by atoms with Crippen molar-refractivity contribution in [1.29, 1.82) is 0 Å². The van der Waals surface area contributed by atoms with E-state index in [4.69, 9.17) is 40.7 Å². The lowest BCUT2D eigenvalue weighted by atomic mass is 9.92. The first-order chi connectivity index (χ1) is 37.1. The fourth-order valence-electron chi connectivity index (χ4n) is 8.34. The Labute approximate surface area is 451 Å². The first-order valence-electron chi connectivity index (χ1n) is 25.8. The fourth-order valence-corrected chi connectivity index (χ4v) is 8.93. The molecule has 3 unspecified atom stereocenters. The third-order valence-electron chi connectivity index (χ3n) is 12.3. The molecule has 2 heterocycles. The lowest BCUT2D eigenvalue weighted by Crippen LogP contribution is -2.52. The van der Waals surface area contributed by atoms with Crippen molar-refractivity contribution in [2.45, 2.75) is 115 Å². The summed E-state index contributed by atoms with van der Waals surface area (Å²) in [6.45, 7) is 9.78. The number of anilines is 1. The molecule has 0 bridgehead atoms. The Balaban J connectivity index is 1.03. The number of fused-ring (bicyclic) bond motifs is 2. The number of nitrogens with zero attached hydrogens (tertiary/aromatic N) is 3. The number of ether oxygens (including phenoxy) is 4. The van der Waals surface area contributed by atoms with Crippen LogP contribution in [0.5, 0.6) is 11.5 Å². The van der Waals surface area contributed by atoms with Crippen molar-refractivity contribution in [3.8, 4) is 22.6 Å². The normalized spacial score (nSPS) is 18.3. The summed E-state index contributed by atoms with van der Waals surface area (Å²) in [5, 5.41) is 33.3. The summed E-state index contributed by atoms with van der Waals surface area (Å²) in [7, 11) is -4.91. The van der Waals surface area contributed by atoms with E-state index in [1.54, 1.807) is 20.8 Å². The maximum atomic E-state index is 13.9. The molecule has 0 saturated carbocycles. The maximum Gasteiger partial charge on any atom is 0.493 e. The molecular formula is C53H73N10O14P. The number of amides is 3. The van der Waals surface area contributed by atoms with E-state index >= 15 is 0 Å². The van der Waals surface area contributed by atoms with E-state index in [0.717, 1.165) is 49.4 Å². The topological polar surface area (TPSA) is 358 Å². The second-order valence-corrected chi connectivity index (χ2v) is 21.4. The summed E-state index contributed by atoms with van der Waals surface area (Å²) in [5.41, 5.74) is 19.8. The molecule has 13 N–H and O–H groups in total. The van der Waals surface area contributed by atoms with Gasteiger partial charge in [0.25, 0.3) is 0 Å². The summed E-state index contributed by atoms with van der Waals surface area (Å²) < 4.78 is 46.8. The molecule has 4 aromatic carbocycles. The second kappa shape index (κ2) is 28.1. The average molecular weight is 1110 g/mol. The highest BCUT2D eigenvalue weighted by Crippen LogP contribution is 2.46. The van der Waals surface area contributed by atoms with Crippen LogP contribution in [0.1, 0.15) is 79.4 Å². The van der Waals surface area contributed by atoms with Crippen LogP contribution in [-0.4, -0.2) is 124 Å². The number of hydroxylamine groups is 1. The number of aliphatic hydroxyl groups is 2. The monoisotopic (exact) mass is 1100 g/mol. The zero-order chi connectivity index (χ0) is 56.6. The van der Waals surface area contributed by atoms with Crippen molar-refractivity contribution >= 4 is 59.1 Å². The molecule has 0 spiro atoms. The van der Waals surface area contributed by atoms with Crippen LogP contribution in [0.3, 0.4) is 0 Å². The van der Waals surface area contributed by atoms with Crippen LogP contribution in [0.25, 0.3) is 32.7 Å². The predicted molar refractivity (Wildman–Crippen MR) is 293 cm³/mol. The second-order valence-electron chi connectivity index (χ2n) is 20.0. The lowest BCUT2D eigenvalue weighted by molar-refractivity contribution is -0.130. The van der Waals surface area contributed by atoms with Gasteiger partial charge in [-0.3, -0.25) is 23.7 Å². The van der Waals surface area contributed by atoms with Gasteiger partial charge in [-0.05, 0) is 105 Å². The molecule has 25 heteroatoms. The van der Waals surface area contributed by atoms with Gasteiger partial charge in [-0.1, -0.05) is 74.5 Å². The minimum atomic E-state index is -4.91. The number of aliphatic hydroxyl groups excluding tert-OH is 2. The van der Waals surface area contributed by atoms with E-state index < -0.39 is 86.2 Å². The molecule has 24 nitrogen and oxygen atoms in total. The number of phosphoric ester groups is 1. The molecule has 0 radical (unpaired) electrons. The van der Waals surface area contributed by atoms with Crippen LogP contribution in [0.15, 0.2) is 94.8 Å². The number of carbonyl (C=O) groups excluding carboxylic acids is 3. The van der Waals surface area contributed by atoms with Crippen molar-refractivity contribution in [1.82, 2.24) is 31.0 Å². The van der Waals surface area contributed by atoms with E-state index in [1.807, 2.05) is 66.1 Å². The number of hydrogen-bond acceptors (Lipinski definition) is 17. The van der Waals surface area contributed by atoms with Crippen molar-refractivity contribution in [3.05, 3.63) is 95.5 Å². The van der Waals surface area contributed by atoms with Gasteiger partial charge < -0.3 is 67.2 Å². The van der Waals surface area contributed by atoms with Crippen LogP contribution in [0.4, 0.5) is 10.6 Å². The van der Waals surface area contributed by atoms with Gasteiger partial charge in [-0.25, -0.2) is 19.6 Å². The standard InChI is InChI=1S/C53H73N10O14P/c1-32(2)24-29-72-39-21-19-33-13-6-8-15-35(33)43(39)44-36-16-9-7-14-34(36)20-22-40(44)73-30-27-57-48(67)38(18-10-11-25-59-52(69)76-53(3,4)5)60-47(66)37(54)17-12-26-58-50(56)62-77-78(70,71)74-31-41-45(64)46(65)49(75-41)63-28-23-42(55)61-51(63)68/h6-9,13-16,19-23,28,32,37-38,41,45-46,49,64-65H,10-12,17-18,24-27,29-31,54H2,1-5H3,(H,57,67)(H,59,69)(H,60,66)(H,70,71)(H2,55,61,68)(H3,56,58,62)/t37?,38?,41-,45-,46-,49-/m1/s1. The van der Waals surface area contributed by atoms with E-state index in [1.165, 1.54) is 12.3 Å². The van der Waals surface area contributed by atoms with Gasteiger partial charge in [0.05, 0.1) is 25.8 Å². The number of guanidine groups is 1. The summed E-state index contributed by atoms with van der Waals surface area (Å²) in [6, 6.07) is 23.3. The highest BCUT2D eigenvalue weighted by atomic mass is 31.2. The quantitative estimate of drug-likeness (QED) is 0.0115. The van der Waals surface area contributed by atoms with Gasteiger partial charge in [0.2, 0.25) is 17.8 Å². The smallest absolute Gasteiger partial charge is 0.493 e. The number of rotatable bonds is 27. The zero-order valence-electron chi connectivity index (χ0n) is 44.5. The van der Waals surface area contributed by atoms with Gasteiger partial charge in [0.1, 0.15) is 53.9 Å². The Morgan fingerprint density at radius 2 is 1.47 bits per heavy atom. The third kappa shape index (κ3) is 17.6. The summed E-state index contributed by atoms with van der Waals surface area (Å²) in [4.78, 5) is 69.5. The zero-order valence-corrected chi connectivity index (χ0v) is 45.4. The van der Waals surface area contributed by atoms with Crippen LogP contribution < -0.4 is 53.8 Å². The fraction of sp³-hybridized carbons (Fsp3) is 0.472. The van der Waals surface area contributed by atoms with Gasteiger partial charge in [0, 0.05) is 30.4 Å². The Morgan fingerprint density at radius 3 is 2.10 bits per heavy atom. The number of unbranched alkanes of at least 4 members (excludes halogenated alkanes) is 1. The van der Waals surface area contributed by atoms with Crippen LogP contribution in [0, 0.1) is 5.92 Å². The van der Waals surface area contributed by atoms with Crippen molar-refractivity contribution in [2.24, 2.45) is 22.4 Å². The van der Waals surface area contributed by atoms with E-state index in [0.29, 0.717) is 31.1 Å². The van der Waals surface area contributed by atoms with Gasteiger partial charge in [0.15, 0.2) is 6.23 Å². The average Bonchev–Trinajstić information content (AvgIpc) is 3.73. The Morgan fingerprint density at radius 1 is 0.833 bits per heavy atom. The van der Waals surface area contributed by atoms with E-state index in [-0.39, 0.29) is 51.3 Å². The number of nitrogen functional groups attached to an aromatic ring is 1. The number of benzene rings is 4. The number of nitrogens with two attached hydrogens (primary N) is 3. The molecule has 1 fully saturated rings. The Kier molecular flexibility index (Phi) is 21.8. The maximum absolute atomic E-state index is 13.9. The van der Waals surface area contributed by atoms with Gasteiger partial charge >= 0.3 is 19.6 Å². The highest BCUT2D eigenvalue weighted by Gasteiger charge is 2.45. The summed E-state index contributed by atoms with van der Waals surface area (Å²) >= 11 is 0. The largest absolute Gasteiger partial charge is 0.493 e. The molecule has 5 aromatic rings. The molecule has 1 aromatic heterocycles. The SMILES string of the molecule is CC(C)CCOc1ccc2ccccc2c1-c1c(OCCNC(=O)C(CCCCNC(=O)OC(C)(C)C)NC(=O)C(N)CCCN=C(N)NOP(=O)(O)OC[C@H]2O[C@@H](n3ccc(N)nc3=O)[C@H](O)[C@@H]2O)ccc2ccccc12. The predicted octanol–water partition coefficient (Wildman–Crippen LogP) is 4.28. The molecule has 1 aliphatic rings. The molecule has 0 aliphatic carbocycles. The number of nitrogens with one attached hydrogen (secondary N) is 4. The minimum Gasteiger partial charge on any atom is -0.493 e. The molecule has 3 amide bonds. The van der Waals surface area contributed by atoms with Gasteiger partial charge in [-0.2, -0.15) is 9.61 Å². The van der Waals surface area contributed by atoms with Crippen LogP contribution >= 0.6 is 7.82 Å². The van der Waals surface area contributed by atoms with Crippen molar-refractivity contribution in [2.75, 3.05) is 45.2 Å². The first kappa shape index (κ1) is 60.3. The first-order valence-corrected chi connectivity index (χ1v) is 27.3. The number of alkyl carbamates (subject to hydrolysis) is 1. The van der Waals surface area contributed by atoms with Gasteiger partial charge in [-0.15, -0.1) is 0 Å². The van der Waals surface area contributed by atoms with Crippen LogP contribution in [-0.2, 0) is 32.8 Å². The highest BCUT2D eigenvalue weighted by molar-refractivity contribution is 7.47. The third-order valence-corrected chi connectivity index (χ3v) is 13.1. The summed E-state index contributed by atoms with van der Waals surface area (Å²) in [5.74, 6) is 0.191. The molecule has 7 atom stereocenters. The van der Waals surface area contributed by atoms with Crippen molar-refractivity contribution in [3.63, 3.8) is 0 Å². The van der Waals surface area contributed by atoms with E-state index in [2.05, 4.69) is 56.5 Å². The molecule has 78 heavy (non-hydrogen) atoms. The number of hydrogen-bond donors (Lipinski definition) is 10. The molecule has 1 saturated heterocycles. The molecular weight excluding hydrogens is 1030 g/mol. The number of aliphatic imine (C=N–C) groups is 1.